The fraction of sp³-hybridized carbons (Fsp3) is 0.231. The highest BCUT2D eigenvalue weighted by atomic mass is 79.9. The largest absolute Gasteiger partial charge is 0.460 e. The number of nitrogens with zero attached hydrogens (tertiary/aromatic N) is 1. The molecule has 0 saturated carbocycles. The number of carbonyl (C=O) groups excluding carboxylic acids is 1. The Balaban J connectivity index is 2.48. The van der Waals surface area contributed by atoms with Crippen molar-refractivity contribution < 1.29 is 27.1 Å². The van der Waals surface area contributed by atoms with Gasteiger partial charge < -0.3 is 9.15 Å². The fourth-order valence-corrected chi connectivity index (χ4v) is 1.82. The number of hydrogen-bond acceptors (Lipinski definition) is 4. The molecule has 0 aliphatic carbocycles. The van der Waals surface area contributed by atoms with Crippen LogP contribution < -0.4 is 0 Å². The van der Waals surface area contributed by atoms with Gasteiger partial charge in [-0.05, 0) is 41.1 Å². The van der Waals surface area contributed by atoms with Crippen molar-refractivity contribution in [3.05, 3.63) is 39.9 Å². The Morgan fingerprint density at radius 3 is 2.76 bits per heavy atom. The standard InChI is InChI=1S/C13H9BrF3NO3/c1-2-20-13(19)10-9(11(16)17)18-12(21-10)6-3-4-7(14)8(15)5-6/h3-5,11H,2H2,1H3. The lowest BCUT2D eigenvalue weighted by Crippen LogP contribution is -2.06. The third kappa shape index (κ3) is 3.26. The van der Waals surface area contributed by atoms with E-state index in [1.165, 1.54) is 19.1 Å². The summed E-state index contributed by atoms with van der Waals surface area (Å²) in [5.74, 6) is -2.60. The molecule has 0 N–H and O–H groups in total. The summed E-state index contributed by atoms with van der Waals surface area (Å²) in [6.07, 6.45) is -3.01. The van der Waals surface area contributed by atoms with Crippen LogP contribution in [0.1, 0.15) is 29.6 Å². The van der Waals surface area contributed by atoms with Crippen molar-refractivity contribution in [2.75, 3.05) is 6.61 Å². The zero-order valence-corrected chi connectivity index (χ0v) is 12.3. The van der Waals surface area contributed by atoms with E-state index in [-0.39, 0.29) is 22.5 Å². The van der Waals surface area contributed by atoms with Crippen LogP contribution in [-0.4, -0.2) is 17.6 Å². The van der Waals surface area contributed by atoms with Gasteiger partial charge in [0.1, 0.15) is 5.82 Å². The van der Waals surface area contributed by atoms with E-state index in [0.29, 0.717) is 0 Å². The van der Waals surface area contributed by atoms with Crippen molar-refractivity contribution in [3.8, 4) is 11.5 Å². The molecule has 8 heteroatoms. The summed E-state index contributed by atoms with van der Waals surface area (Å²) in [6, 6.07) is 3.85. The van der Waals surface area contributed by atoms with E-state index in [1.807, 2.05) is 0 Å². The average Bonchev–Trinajstić information content (AvgIpc) is 2.87. The molecule has 112 valence electrons. The zero-order valence-electron chi connectivity index (χ0n) is 10.7. The van der Waals surface area contributed by atoms with E-state index < -0.39 is 29.7 Å². The van der Waals surface area contributed by atoms with Crippen molar-refractivity contribution in [3.63, 3.8) is 0 Å². The van der Waals surface area contributed by atoms with Crippen molar-refractivity contribution >= 4 is 21.9 Å². The number of oxazole rings is 1. The van der Waals surface area contributed by atoms with Gasteiger partial charge in [0, 0.05) is 5.56 Å². The highest BCUT2D eigenvalue weighted by Crippen LogP contribution is 2.30. The highest BCUT2D eigenvalue weighted by molar-refractivity contribution is 9.10. The Labute approximate surface area is 126 Å². The summed E-state index contributed by atoms with van der Waals surface area (Å²) in [6.45, 7) is 1.53. The molecule has 2 aromatic rings. The van der Waals surface area contributed by atoms with Crippen LogP contribution in [0, 0.1) is 5.82 Å². The van der Waals surface area contributed by atoms with Gasteiger partial charge in [0.25, 0.3) is 6.43 Å². The van der Waals surface area contributed by atoms with Crippen LogP contribution in [0.2, 0.25) is 0 Å². The Bertz CT molecular complexity index is 673. The molecule has 4 nitrogen and oxygen atoms in total. The first kappa shape index (κ1) is 15.6. The number of halogens is 4. The first-order valence-electron chi connectivity index (χ1n) is 5.85. The van der Waals surface area contributed by atoms with E-state index in [4.69, 9.17) is 4.42 Å². The smallest absolute Gasteiger partial charge is 0.376 e. The summed E-state index contributed by atoms with van der Waals surface area (Å²) >= 11 is 2.97. The SMILES string of the molecule is CCOC(=O)c1oc(-c2ccc(Br)c(F)c2)nc1C(F)F. The second-order valence-corrected chi connectivity index (χ2v) is 4.74. The Morgan fingerprint density at radius 2 is 2.19 bits per heavy atom. The van der Waals surface area contributed by atoms with Gasteiger partial charge in [0.15, 0.2) is 5.69 Å². The number of rotatable bonds is 4. The van der Waals surface area contributed by atoms with Crippen LogP contribution in [0.25, 0.3) is 11.5 Å². The molecule has 0 fully saturated rings. The molecule has 21 heavy (non-hydrogen) atoms. The molecule has 0 amide bonds. The van der Waals surface area contributed by atoms with E-state index >= 15 is 0 Å². The van der Waals surface area contributed by atoms with Crippen molar-refractivity contribution in [1.82, 2.24) is 4.98 Å². The van der Waals surface area contributed by atoms with Gasteiger partial charge >= 0.3 is 5.97 Å². The van der Waals surface area contributed by atoms with Crippen molar-refractivity contribution in [2.45, 2.75) is 13.3 Å². The number of ether oxygens (including phenoxy) is 1. The molecular formula is C13H9BrF3NO3. The summed E-state index contributed by atoms with van der Waals surface area (Å²) in [5.41, 5.74) is -0.695. The normalized spacial score (nSPS) is 11.0. The van der Waals surface area contributed by atoms with Crippen LogP contribution >= 0.6 is 15.9 Å². The third-order valence-electron chi connectivity index (χ3n) is 2.49. The van der Waals surface area contributed by atoms with Gasteiger partial charge in [-0.3, -0.25) is 0 Å². The van der Waals surface area contributed by atoms with Gasteiger partial charge in [-0.1, -0.05) is 0 Å². The van der Waals surface area contributed by atoms with Gasteiger partial charge in [-0.2, -0.15) is 0 Å². The predicted octanol–water partition coefficient (Wildman–Crippen LogP) is 4.36. The Morgan fingerprint density at radius 1 is 1.48 bits per heavy atom. The van der Waals surface area contributed by atoms with Crippen molar-refractivity contribution in [1.29, 1.82) is 0 Å². The molecule has 1 aromatic heterocycles. The molecule has 2 rings (SSSR count). The lowest BCUT2D eigenvalue weighted by molar-refractivity contribution is 0.0476. The fourth-order valence-electron chi connectivity index (χ4n) is 1.58. The minimum atomic E-state index is -3.01. The summed E-state index contributed by atoms with van der Waals surface area (Å²) in [4.78, 5) is 15.1. The van der Waals surface area contributed by atoms with E-state index in [1.54, 1.807) is 0 Å². The van der Waals surface area contributed by atoms with Crippen LogP contribution in [0.5, 0.6) is 0 Å². The quantitative estimate of drug-likeness (QED) is 0.757. The second kappa shape index (κ2) is 6.30. The molecule has 0 unspecified atom stereocenters. The number of benzene rings is 1. The molecule has 0 bridgehead atoms. The maximum Gasteiger partial charge on any atom is 0.376 e. The lowest BCUT2D eigenvalue weighted by Gasteiger charge is -1.99. The first-order chi connectivity index (χ1) is 9.93. The summed E-state index contributed by atoms with van der Waals surface area (Å²) in [5, 5.41) is 0. The van der Waals surface area contributed by atoms with Gasteiger partial charge in [-0.15, -0.1) is 0 Å². The number of aromatic nitrogens is 1. The second-order valence-electron chi connectivity index (χ2n) is 3.88. The summed E-state index contributed by atoms with van der Waals surface area (Å²) in [7, 11) is 0. The highest BCUT2D eigenvalue weighted by Gasteiger charge is 2.28. The molecule has 1 aromatic carbocycles. The third-order valence-corrected chi connectivity index (χ3v) is 3.13. The Hall–Kier alpha value is -1.83. The molecule has 1 heterocycles. The number of carbonyl (C=O) groups is 1. The zero-order chi connectivity index (χ0) is 15.6. The number of hydrogen-bond donors (Lipinski definition) is 0. The van der Waals surface area contributed by atoms with Crippen LogP contribution in [0.15, 0.2) is 27.1 Å². The maximum atomic E-state index is 13.5. The van der Waals surface area contributed by atoms with Gasteiger partial charge in [-0.25, -0.2) is 22.9 Å². The minimum Gasteiger partial charge on any atom is -0.460 e. The summed E-state index contributed by atoms with van der Waals surface area (Å²) < 4.78 is 49.1. The monoisotopic (exact) mass is 363 g/mol. The lowest BCUT2D eigenvalue weighted by atomic mass is 10.2. The van der Waals surface area contributed by atoms with Crippen LogP contribution in [-0.2, 0) is 4.74 Å². The topological polar surface area (TPSA) is 52.3 Å². The Kier molecular flexibility index (Phi) is 4.66. The van der Waals surface area contributed by atoms with Gasteiger partial charge in [0.05, 0.1) is 11.1 Å². The first-order valence-corrected chi connectivity index (χ1v) is 6.64. The average molecular weight is 364 g/mol. The molecular weight excluding hydrogens is 355 g/mol. The molecule has 0 atom stereocenters. The predicted molar refractivity (Wildman–Crippen MR) is 70.5 cm³/mol. The van der Waals surface area contributed by atoms with Crippen LogP contribution in [0.4, 0.5) is 13.2 Å². The molecule has 0 aliphatic rings. The number of esters is 1. The van der Waals surface area contributed by atoms with Crippen LogP contribution in [0.3, 0.4) is 0 Å². The molecule has 0 radical (unpaired) electrons. The van der Waals surface area contributed by atoms with Gasteiger partial charge in [0.2, 0.25) is 11.7 Å². The molecule has 0 spiro atoms. The minimum absolute atomic E-state index is 0.00442. The van der Waals surface area contributed by atoms with E-state index in [2.05, 4.69) is 25.7 Å². The maximum absolute atomic E-state index is 13.5. The molecule has 0 aliphatic heterocycles. The molecule has 0 saturated heterocycles. The van der Waals surface area contributed by atoms with E-state index in [0.717, 1.165) is 6.07 Å². The number of alkyl halides is 2. The van der Waals surface area contributed by atoms with E-state index in [9.17, 15) is 18.0 Å². The van der Waals surface area contributed by atoms with Crippen molar-refractivity contribution in [2.24, 2.45) is 0 Å².